The molecule has 0 aromatic heterocycles. The van der Waals surface area contributed by atoms with Gasteiger partial charge in [-0.15, -0.1) is 18.8 Å². The molecule has 0 aromatic rings. The average molecular weight is 456 g/mol. The van der Waals surface area contributed by atoms with Crippen molar-refractivity contribution in [3.63, 3.8) is 0 Å². The minimum absolute atomic E-state index is 0. The number of amides is 2. The molecule has 0 unspecified atom stereocenters. The summed E-state index contributed by atoms with van der Waals surface area (Å²) in [6, 6.07) is 0. The number of rotatable bonds is 9. The second-order valence-corrected chi connectivity index (χ2v) is 8.90. The molecule has 0 radical (unpaired) electrons. The summed E-state index contributed by atoms with van der Waals surface area (Å²) in [7, 11) is 0. The number of likely N-dealkylation sites (tertiary alicyclic amines) is 1. The average Bonchev–Trinajstić information content (AvgIpc) is 2.77. The van der Waals surface area contributed by atoms with Crippen LogP contribution in [0.2, 0.25) is 0 Å². The predicted molar refractivity (Wildman–Crippen MR) is 123 cm³/mol. The first-order chi connectivity index (χ1) is 14.4. The zero-order chi connectivity index (χ0) is 21.9. The molecule has 0 aliphatic carbocycles. The highest BCUT2D eigenvalue weighted by Gasteiger charge is 2.29. The number of halogens is 1. The van der Waals surface area contributed by atoms with E-state index in [1.54, 1.807) is 0 Å². The largest absolute Gasteiger partial charge is 0.464 e. The molecule has 0 aromatic carbocycles. The maximum atomic E-state index is 12.6. The van der Waals surface area contributed by atoms with E-state index in [0.29, 0.717) is 32.0 Å². The quantitative estimate of drug-likeness (QED) is 0.410. The van der Waals surface area contributed by atoms with Crippen LogP contribution in [0.15, 0.2) is 0 Å². The summed E-state index contributed by atoms with van der Waals surface area (Å²) >= 11 is 0. The topological polar surface area (TPSA) is 87.7 Å². The molecule has 2 atom stereocenters. The lowest BCUT2D eigenvalue weighted by Crippen LogP contribution is -2.46. The van der Waals surface area contributed by atoms with Crippen molar-refractivity contribution in [1.82, 2.24) is 15.5 Å². The molecule has 2 fully saturated rings. The third-order valence-corrected chi connectivity index (χ3v) is 5.90. The number of esters is 1. The van der Waals surface area contributed by atoms with Crippen LogP contribution < -0.4 is 10.6 Å². The van der Waals surface area contributed by atoms with Gasteiger partial charge in [0, 0.05) is 26.1 Å². The fraction of sp³-hybridized carbons (Fsp3) is 0.783. The van der Waals surface area contributed by atoms with Gasteiger partial charge in [-0.3, -0.25) is 14.4 Å². The van der Waals surface area contributed by atoms with Crippen LogP contribution in [-0.4, -0.2) is 62.0 Å². The molecule has 31 heavy (non-hydrogen) atoms. The van der Waals surface area contributed by atoms with Crippen LogP contribution in [0.25, 0.3) is 0 Å². The third-order valence-electron chi connectivity index (χ3n) is 5.90. The molecule has 2 N–H and O–H groups in total. The third kappa shape index (κ3) is 9.49. The zero-order valence-electron chi connectivity index (χ0n) is 18.9. The second-order valence-electron chi connectivity index (χ2n) is 8.90. The van der Waals surface area contributed by atoms with E-state index in [9.17, 15) is 14.4 Å². The fourth-order valence-corrected chi connectivity index (χ4v) is 3.98. The molecule has 2 aliphatic rings. The van der Waals surface area contributed by atoms with Crippen molar-refractivity contribution in [3.05, 3.63) is 0 Å². The molecule has 2 saturated heterocycles. The number of nitrogens with zero attached hydrogens (tertiary/aromatic N) is 1. The number of terminal acetylenes is 1. The van der Waals surface area contributed by atoms with Crippen LogP contribution in [0.5, 0.6) is 0 Å². The van der Waals surface area contributed by atoms with Gasteiger partial charge in [0.15, 0.2) is 0 Å². The van der Waals surface area contributed by atoms with Crippen molar-refractivity contribution in [2.45, 2.75) is 52.4 Å². The number of hydrogen-bond donors (Lipinski definition) is 2. The second kappa shape index (κ2) is 14.3. The lowest BCUT2D eigenvalue weighted by atomic mass is 9.92. The van der Waals surface area contributed by atoms with Crippen LogP contribution in [0.1, 0.15) is 52.4 Å². The van der Waals surface area contributed by atoms with E-state index < -0.39 is 11.9 Å². The summed E-state index contributed by atoms with van der Waals surface area (Å²) < 4.78 is 5.17. The Labute approximate surface area is 192 Å². The number of carbonyl (C=O) groups is 3. The summed E-state index contributed by atoms with van der Waals surface area (Å²) in [5.41, 5.74) is 0. The summed E-state index contributed by atoms with van der Waals surface area (Å²) in [6.07, 6.45) is 10.7. The van der Waals surface area contributed by atoms with Gasteiger partial charge < -0.3 is 20.3 Å². The first-order valence-electron chi connectivity index (χ1n) is 11.3. The normalized spacial score (nSPS) is 20.3. The SMILES string of the molecule is C#C[C@@H](CNC(=O)[C@@H]1CCCN(C(=O)CCC2CCNCC2)C1)C(=O)OCC(C)C.Cl. The summed E-state index contributed by atoms with van der Waals surface area (Å²) in [4.78, 5) is 39.1. The number of carbonyl (C=O) groups excluding carboxylic acids is 3. The highest BCUT2D eigenvalue weighted by atomic mass is 35.5. The predicted octanol–water partition coefficient (Wildman–Crippen LogP) is 1.99. The van der Waals surface area contributed by atoms with E-state index in [4.69, 9.17) is 11.2 Å². The molecule has 0 saturated carbocycles. The monoisotopic (exact) mass is 455 g/mol. The van der Waals surface area contributed by atoms with E-state index in [2.05, 4.69) is 16.6 Å². The molecule has 2 amide bonds. The first kappa shape index (κ1) is 27.3. The molecular formula is C23H38ClN3O4. The van der Waals surface area contributed by atoms with Crippen molar-refractivity contribution >= 4 is 30.2 Å². The highest BCUT2D eigenvalue weighted by Crippen LogP contribution is 2.21. The smallest absolute Gasteiger partial charge is 0.322 e. The van der Waals surface area contributed by atoms with E-state index in [1.165, 1.54) is 0 Å². The van der Waals surface area contributed by atoms with Crippen LogP contribution >= 0.6 is 12.4 Å². The Hall–Kier alpha value is -1.78. The van der Waals surface area contributed by atoms with Crippen molar-refractivity contribution in [3.8, 4) is 12.3 Å². The zero-order valence-corrected chi connectivity index (χ0v) is 19.7. The van der Waals surface area contributed by atoms with Gasteiger partial charge in [-0.25, -0.2) is 0 Å². The van der Waals surface area contributed by atoms with Crippen molar-refractivity contribution < 1.29 is 19.1 Å². The number of nitrogens with one attached hydrogen (secondary N) is 2. The van der Waals surface area contributed by atoms with Gasteiger partial charge in [0.1, 0.15) is 5.92 Å². The molecule has 7 nitrogen and oxygen atoms in total. The molecule has 2 rings (SSSR count). The highest BCUT2D eigenvalue weighted by molar-refractivity contribution is 5.85. The Kier molecular flexibility index (Phi) is 12.6. The molecule has 176 valence electrons. The Morgan fingerprint density at radius 2 is 1.94 bits per heavy atom. The summed E-state index contributed by atoms with van der Waals surface area (Å²) in [6.45, 7) is 7.49. The Morgan fingerprint density at radius 3 is 2.58 bits per heavy atom. The van der Waals surface area contributed by atoms with E-state index >= 15 is 0 Å². The first-order valence-corrected chi connectivity index (χ1v) is 11.3. The molecule has 0 bridgehead atoms. The number of ether oxygens (including phenoxy) is 1. The lowest BCUT2D eigenvalue weighted by molar-refractivity contribution is -0.147. The van der Waals surface area contributed by atoms with E-state index in [1.807, 2.05) is 18.7 Å². The van der Waals surface area contributed by atoms with Gasteiger partial charge in [0.05, 0.1) is 12.5 Å². The van der Waals surface area contributed by atoms with Gasteiger partial charge in [0.25, 0.3) is 0 Å². The van der Waals surface area contributed by atoms with E-state index in [0.717, 1.165) is 45.2 Å². The maximum absolute atomic E-state index is 12.6. The molecule has 2 aliphatic heterocycles. The molecule has 8 heteroatoms. The minimum Gasteiger partial charge on any atom is -0.464 e. The van der Waals surface area contributed by atoms with Gasteiger partial charge in [0.2, 0.25) is 11.8 Å². The molecular weight excluding hydrogens is 418 g/mol. The standard InChI is InChI=1S/C23H37N3O4.ClH/c1-4-19(23(29)30-16-17(2)3)14-25-22(28)20-6-5-13-26(15-20)21(27)8-7-18-9-11-24-12-10-18;/h1,17-20,24H,5-16H2,2-3H3,(H,25,28);1H/t19-,20+;/m0./s1. The van der Waals surface area contributed by atoms with Gasteiger partial charge in [-0.2, -0.15) is 0 Å². The molecule has 0 spiro atoms. The Bertz CT molecular complexity index is 629. The summed E-state index contributed by atoms with van der Waals surface area (Å²) in [5, 5.41) is 6.13. The Balaban J connectivity index is 0.00000480. The van der Waals surface area contributed by atoms with Crippen LogP contribution in [0.4, 0.5) is 0 Å². The van der Waals surface area contributed by atoms with E-state index in [-0.39, 0.29) is 42.6 Å². The molecule has 2 heterocycles. The maximum Gasteiger partial charge on any atom is 0.322 e. The van der Waals surface area contributed by atoms with Crippen molar-refractivity contribution in [2.24, 2.45) is 23.7 Å². The summed E-state index contributed by atoms with van der Waals surface area (Å²) in [5.74, 6) is 1.71. The van der Waals surface area contributed by atoms with Crippen molar-refractivity contribution in [1.29, 1.82) is 0 Å². The minimum atomic E-state index is -0.793. The van der Waals surface area contributed by atoms with Crippen LogP contribution in [0, 0.1) is 36.0 Å². The number of hydrogen-bond acceptors (Lipinski definition) is 5. The van der Waals surface area contributed by atoms with Gasteiger partial charge in [-0.05, 0) is 57.0 Å². The van der Waals surface area contributed by atoms with Crippen molar-refractivity contribution in [2.75, 3.05) is 39.3 Å². The van der Waals surface area contributed by atoms with Gasteiger partial charge >= 0.3 is 5.97 Å². The lowest BCUT2D eigenvalue weighted by Gasteiger charge is -2.33. The Morgan fingerprint density at radius 1 is 1.23 bits per heavy atom. The van der Waals surface area contributed by atoms with Crippen LogP contribution in [-0.2, 0) is 19.1 Å². The van der Waals surface area contributed by atoms with Gasteiger partial charge in [-0.1, -0.05) is 19.8 Å². The fourth-order valence-electron chi connectivity index (χ4n) is 3.98. The van der Waals surface area contributed by atoms with Crippen LogP contribution in [0.3, 0.4) is 0 Å². The number of piperidine rings is 2.